The molecule has 0 aliphatic rings. The molecule has 1 aromatic heterocycles. The summed E-state index contributed by atoms with van der Waals surface area (Å²) in [6.07, 6.45) is 0.343. The van der Waals surface area contributed by atoms with E-state index in [-0.39, 0.29) is 5.91 Å². The number of anilines is 2. The van der Waals surface area contributed by atoms with E-state index in [2.05, 4.69) is 35.4 Å². The standard InChI is InChI=1S/C16H19N5OS2/c1-11-6-4-7-13(12(11)2)18-15-19-20-16(24-15)23-10-14(22)21(3)9-5-8-17/h4,6-7H,5,9-10H2,1-3H3,(H,18,19). The highest BCUT2D eigenvalue weighted by molar-refractivity contribution is 8.01. The summed E-state index contributed by atoms with van der Waals surface area (Å²) in [5.74, 6) is 0.273. The van der Waals surface area contributed by atoms with Crippen molar-refractivity contribution in [1.82, 2.24) is 15.1 Å². The molecular weight excluding hydrogens is 342 g/mol. The first-order valence-corrected chi connectivity index (χ1v) is 9.22. The molecule has 1 heterocycles. The zero-order valence-electron chi connectivity index (χ0n) is 13.9. The van der Waals surface area contributed by atoms with Crippen molar-refractivity contribution < 1.29 is 4.79 Å². The van der Waals surface area contributed by atoms with Crippen LogP contribution < -0.4 is 5.32 Å². The quantitative estimate of drug-likeness (QED) is 0.762. The molecule has 0 saturated carbocycles. The van der Waals surface area contributed by atoms with Gasteiger partial charge in [0, 0.05) is 19.3 Å². The van der Waals surface area contributed by atoms with Crippen LogP contribution in [-0.4, -0.2) is 40.3 Å². The minimum atomic E-state index is -0.0190. The number of hydrogen-bond acceptors (Lipinski definition) is 7. The number of aromatic nitrogens is 2. The number of nitrogens with one attached hydrogen (secondary N) is 1. The van der Waals surface area contributed by atoms with Gasteiger partial charge >= 0.3 is 0 Å². The summed E-state index contributed by atoms with van der Waals surface area (Å²) < 4.78 is 0.741. The third kappa shape index (κ3) is 4.94. The van der Waals surface area contributed by atoms with Crippen molar-refractivity contribution >= 4 is 39.8 Å². The lowest BCUT2D eigenvalue weighted by Gasteiger charge is -2.14. The molecule has 1 N–H and O–H groups in total. The lowest BCUT2D eigenvalue weighted by molar-refractivity contribution is -0.127. The average molecular weight is 361 g/mol. The Morgan fingerprint density at radius 3 is 2.96 bits per heavy atom. The van der Waals surface area contributed by atoms with Crippen LogP contribution in [0.5, 0.6) is 0 Å². The fraction of sp³-hybridized carbons (Fsp3) is 0.375. The maximum absolute atomic E-state index is 11.9. The lowest BCUT2D eigenvalue weighted by atomic mass is 10.1. The number of nitrogens with zero attached hydrogens (tertiary/aromatic N) is 4. The fourth-order valence-electron chi connectivity index (χ4n) is 1.90. The van der Waals surface area contributed by atoms with Gasteiger partial charge in [-0.3, -0.25) is 4.79 Å². The smallest absolute Gasteiger partial charge is 0.232 e. The van der Waals surface area contributed by atoms with E-state index in [4.69, 9.17) is 5.26 Å². The highest BCUT2D eigenvalue weighted by atomic mass is 32.2. The van der Waals surface area contributed by atoms with Crippen LogP contribution in [0.4, 0.5) is 10.8 Å². The van der Waals surface area contributed by atoms with Gasteiger partial charge in [-0.15, -0.1) is 10.2 Å². The molecule has 0 saturated heterocycles. The topological polar surface area (TPSA) is 81.9 Å². The van der Waals surface area contributed by atoms with Crippen molar-refractivity contribution in [3.63, 3.8) is 0 Å². The predicted molar refractivity (Wildman–Crippen MR) is 97.7 cm³/mol. The first-order valence-electron chi connectivity index (χ1n) is 7.41. The minimum absolute atomic E-state index is 0.0190. The molecule has 24 heavy (non-hydrogen) atoms. The summed E-state index contributed by atoms with van der Waals surface area (Å²) in [4.78, 5) is 13.5. The zero-order chi connectivity index (χ0) is 17.5. The Balaban J connectivity index is 1.90. The number of nitriles is 1. The Hall–Kier alpha value is -2.11. The SMILES string of the molecule is Cc1cccc(Nc2nnc(SCC(=O)N(C)CCC#N)s2)c1C. The Bertz CT molecular complexity index is 753. The molecule has 0 fully saturated rings. The summed E-state index contributed by atoms with van der Waals surface area (Å²) >= 11 is 2.78. The third-order valence-electron chi connectivity index (χ3n) is 3.56. The molecule has 1 aromatic carbocycles. The van der Waals surface area contributed by atoms with E-state index in [9.17, 15) is 4.79 Å². The summed E-state index contributed by atoms with van der Waals surface area (Å²) in [6, 6.07) is 8.10. The average Bonchev–Trinajstić information content (AvgIpc) is 3.02. The number of rotatable bonds is 7. The van der Waals surface area contributed by atoms with E-state index in [1.807, 2.05) is 18.2 Å². The van der Waals surface area contributed by atoms with Crippen molar-refractivity contribution in [1.29, 1.82) is 5.26 Å². The summed E-state index contributed by atoms with van der Waals surface area (Å²) in [6.45, 7) is 4.58. The van der Waals surface area contributed by atoms with Crippen LogP contribution >= 0.6 is 23.1 Å². The number of aryl methyl sites for hydroxylation is 1. The van der Waals surface area contributed by atoms with E-state index in [0.29, 0.717) is 23.8 Å². The van der Waals surface area contributed by atoms with E-state index in [0.717, 1.165) is 10.0 Å². The Morgan fingerprint density at radius 1 is 1.42 bits per heavy atom. The van der Waals surface area contributed by atoms with Crippen molar-refractivity contribution in [3.8, 4) is 6.07 Å². The largest absolute Gasteiger partial charge is 0.344 e. The van der Waals surface area contributed by atoms with Crippen molar-refractivity contribution in [2.45, 2.75) is 24.6 Å². The molecule has 2 rings (SSSR count). The van der Waals surface area contributed by atoms with Crippen molar-refractivity contribution in [2.24, 2.45) is 0 Å². The van der Waals surface area contributed by atoms with E-state index in [1.165, 1.54) is 34.2 Å². The van der Waals surface area contributed by atoms with Gasteiger partial charge in [0.25, 0.3) is 0 Å². The van der Waals surface area contributed by atoms with Gasteiger partial charge in [0.15, 0.2) is 4.34 Å². The highest BCUT2D eigenvalue weighted by Crippen LogP contribution is 2.29. The van der Waals surface area contributed by atoms with Gasteiger partial charge in [-0.25, -0.2) is 0 Å². The molecule has 0 bridgehead atoms. The monoisotopic (exact) mass is 361 g/mol. The maximum Gasteiger partial charge on any atom is 0.232 e. The normalized spacial score (nSPS) is 10.2. The number of hydrogen-bond donors (Lipinski definition) is 1. The molecule has 0 atom stereocenters. The number of thioether (sulfide) groups is 1. The summed E-state index contributed by atoms with van der Waals surface area (Å²) in [7, 11) is 1.70. The summed E-state index contributed by atoms with van der Waals surface area (Å²) in [5.41, 5.74) is 3.40. The first kappa shape index (κ1) is 18.2. The first-order chi connectivity index (χ1) is 11.5. The van der Waals surface area contributed by atoms with Crippen molar-refractivity contribution in [2.75, 3.05) is 24.7 Å². The lowest BCUT2D eigenvalue weighted by Crippen LogP contribution is -2.29. The molecule has 6 nitrogen and oxygen atoms in total. The van der Waals surface area contributed by atoms with Gasteiger partial charge in [0.2, 0.25) is 11.0 Å². The van der Waals surface area contributed by atoms with Gasteiger partial charge < -0.3 is 10.2 Å². The molecule has 2 aromatic rings. The molecule has 0 aliphatic heterocycles. The van der Waals surface area contributed by atoms with E-state index < -0.39 is 0 Å². The number of carbonyl (C=O) groups excluding carboxylic acids is 1. The van der Waals surface area contributed by atoms with Crippen LogP contribution in [0.3, 0.4) is 0 Å². The minimum Gasteiger partial charge on any atom is -0.344 e. The van der Waals surface area contributed by atoms with E-state index in [1.54, 1.807) is 11.9 Å². The van der Waals surface area contributed by atoms with Crippen LogP contribution in [0.15, 0.2) is 22.5 Å². The van der Waals surface area contributed by atoms with Gasteiger partial charge in [0.05, 0.1) is 18.2 Å². The van der Waals surface area contributed by atoms with E-state index >= 15 is 0 Å². The van der Waals surface area contributed by atoms with Crippen LogP contribution in [0.25, 0.3) is 0 Å². The van der Waals surface area contributed by atoms with Gasteiger partial charge in [-0.1, -0.05) is 35.2 Å². The van der Waals surface area contributed by atoms with Crippen LogP contribution in [-0.2, 0) is 4.79 Å². The fourth-order valence-corrected chi connectivity index (χ4v) is 3.60. The Morgan fingerprint density at radius 2 is 2.21 bits per heavy atom. The second kappa shape index (κ2) is 8.66. The molecule has 0 aliphatic carbocycles. The molecular formula is C16H19N5OS2. The van der Waals surface area contributed by atoms with Crippen LogP contribution in [0, 0.1) is 25.2 Å². The van der Waals surface area contributed by atoms with Crippen molar-refractivity contribution in [3.05, 3.63) is 29.3 Å². The molecule has 8 heteroatoms. The molecule has 1 amide bonds. The molecule has 0 radical (unpaired) electrons. The van der Waals surface area contributed by atoms with Gasteiger partial charge in [0.1, 0.15) is 0 Å². The van der Waals surface area contributed by atoms with Crippen LogP contribution in [0.1, 0.15) is 17.5 Å². The summed E-state index contributed by atoms with van der Waals surface area (Å²) in [5, 5.41) is 20.8. The number of carbonyl (C=O) groups is 1. The molecule has 0 spiro atoms. The molecule has 126 valence electrons. The number of benzene rings is 1. The Labute approximate surface area is 149 Å². The maximum atomic E-state index is 11.9. The zero-order valence-corrected chi connectivity index (χ0v) is 15.5. The Kier molecular flexibility index (Phi) is 6.58. The highest BCUT2D eigenvalue weighted by Gasteiger charge is 2.12. The van der Waals surface area contributed by atoms with Gasteiger partial charge in [-0.2, -0.15) is 5.26 Å². The third-order valence-corrected chi connectivity index (χ3v) is 5.51. The van der Waals surface area contributed by atoms with Gasteiger partial charge in [-0.05, 0) is 31.0 Å². The van der Waals surface area contributed by atoms with Crippen LogP contribution in [0.2, 0.25) is 0 Å². The predicted octanol–water partition coefficient (Wildman–Crippen LogP) is 3.36. The molecule has 0 unspecified atom stereocenters. The number of amides is 1. The second-order valence-electron chi connectivity index (χ2n) is 5.26. The second-order valence-corrected chi connectivity index (χ2v) is 7.46.